The van der Waals surface area contributed by atoms with Crippen molar-refractivity contribution in [2.45, 2.75) is 24.3 Å². The maximum absolute atomic E-state index is 11.8. The molecular weight excluding hydrogens is 236 g/mol. The van der Waals surface area contributed by atoms with Gasteiger partial charge in [-0.2, -0.15) is 0 Å². The number of nitrogens with zero attached hydrogens (tertiary/aromatic N) is 1. The highest BCUT2D eigenvalue weighted by molar-refractivity contribution is 7.90. The average Bonchev–Trinajstić information content (AvgIpc) is 2.59. The number of hydrogen-bond acceptors (Lipinski definition) is 3. The first kappa shape index (κ1) is 11.7. The Hall–Kier alpha value is -1.80. The molecule has 0 amide bonds. The van der Waals surface area contributed by atoms with Crippen molar-refractivity contribution in [1.29, 1.82) is 0 Å². The van der Waals surface area contributed by atoms with Crippen LogP contribution in [0, 0.1) is 12.3 Å². The van der Waals surface area contributed by atoms with Gasteiger partial charge in [0.25, 0.3) is 10.0 Å². The van der Waals surface area contributed by atoms with Crippen LogP contribution in [0.3, 0.4) is 0 Å². The molecule has 5 heteroatoms. The predicted octanol–water partition coefficient (Wildman–Crippen LogP) is 1.14. The van der Waals surface area contributed by atoms with Crippen molar-refractivity contribution in [2.24, 2.45) is 4.99 Å². The van der Waals surface area contributed by atoms with Crippen molar-refractivity contribution in [2.75, 3.05) is 0 Å². The van der Waals surface area contributed by atoms with Crippen molar-refractivity contribution in [3.63, 3.8) is 0 Å². The van der Waals surface area contributed by atoms with Crippen molar-refractivity contribution in [3.05, 3.63) is 29.8 Å². The smallest absolute Gasteiger partial charge is 0.263 e. The van der Waals surface area contributed by atoms with Gasteiger partial charge in [0.1, 0.15) is 11.9 Å². The Morgan fingerprint density at radius 3 is 2.82 bits per heavy atom. The Morgan fingerprint density at radius 2 is 2.18 bits per heavy atom. The Kier molecular flexibility index (Phi) is 2.90. The largest absolute Gasteiger partial charge is 0.263 e. The van der Waals surface area contributed by atoms with Crippen LogP contribution in [0.5, 0.6) is 0 Å². The van der Waals surface area contributed by atoms with E-state index < -0.39 is 10.0 Å². The van der Waals surface area contributed by atoms with Gasteiger partial charge < -0.3 is 0 Å². The molecule has 0 fully saturated rings. The molecule has 1 aliphatic heterocycles. The molecule has 1 aromatic carbocycles. The molecule has 2 rings (SSSR count). The molecular formula is C12H12N2O2S. The predicted molar refractivity (Wildman–Crippen MR) is 66.2 cm³/mol. The van der Waals surface area contributed by atoms with Gasteiger partial charge in [-0.15, -0.1) is 6.42 Å². The second kappa shape index (κ2) is 4.22. The third kappa shape index (κ3) is 2.04. The summed E-state index contributed by atoms with van der Waals surface area (Å²) in [6, 6.07) is 6.41. The number of rotatable bonds is 2. The van der Waals surface area contributed by atoms with Crippen molar-refractivity contribution >= 4 is 15.9 Å². The van der Waals surface area contributed by atoms with E-state index in [1.807, 2.05) is 6.92 Å². The topological polar surface area (TPSA) is 58.5 Å². The third-order valence-electron chi connectivity index (χ3n) is 2.53. The average molecular weight is 248 g/mol. The van der Waals surface area contributed by atoms with E-state index >= 15 is 0 Å². The van der Waals surface area contributed by atoms with Crippen LogP contribution in [0.4, 0.5) is 0 Å². The van der Waals surface area contributed by atoms with Crippen LogP contribution in [0.15, 0.2) is 34.2 Å². The number of amidine groups is 1. The molecule has 0 aromatic heterocycles. The minimum absolute atomic E-state index is 0.255. The maximum atomic E-state index is 11.8. The molecule has 1 unspecified atom stereocenters. The SMILES string of the molecule is C#CC(CC)N=C1NS(=O)(=O)c2ccccc21. The van der Waals surface area contributed by atoms with E-state index in [4.69, 9.17) is 6.42 Å². The summed E-state index contributed by atoms with van der Waals surface area (Å²) >= 11 is 0. The van der Waals surface area contributed by atoms with Crippen LogP contribution < -0.4 is 4.72 Å². The van der Waals surface area contributed by atoms with Gasteiger partial charge in [0.15, 0.2) is 0 Å². The fourth-order valence-corrected chi connectivity index (χ4v) is 2.87. The van der Waals surface area contributed by atoms with Crippen molar-refractivity contribution in [1.82, 2.24) is 4.72 Å². The monoisotopic (exact) mass is 248 g/mol. The fraction of sp³-hybridized carbons (Fsp3) is 0.250. The van der Waals surface area contributed by atoms with Gasteiger partial charge in [-0.1, -0.05) is 25.0 Å². The molecule has 1 aliphatic rings. The molecule has 0 saturated heterocycles. The van der Waals surface area contributed by atoms with Gasteiger partial charge >= 0.3 is 0 Å². The van der Waals surface area contributed by atoms with Crippen LogP contribution in [0.25, 0.3) is 0 Å². The molecule has 0 saturated carbocycles. The highest BCUT2D eigenvalue weighted by atomic mass is 32.2. The summed E-state index contributed by atoms with van der Waals surface area (Å²) in [6.07, 6.45) is 5.99. The summed E-state index contributed by atoms with van der Waals surface area (Å²) in [5.74, 6) is 2.85. The Balaban J connectivity index is 2.53. The Labute approximate surface area is 101 Å². The Bertz CT molecular complexity index is 612. The number of sulfonamides is 1. The van der Waals surface area contributed by atoms with Gasteiger partial charge in [-0.3, -0.25) is 9.71 Å². The van der Waals surface area contributed by atoms with Crippen molar-refractivity contribution < 1.29 is 8.42 Å². The van der Waals surface area contributed by atoms with E-state index in [0.717, 1.165) is 0 Å². The zero-order chi connectivity index (χ0) is 12.5. The van der Waals surface area contributed by atoms with Gasteiger partial charge in [-0.25, -0.2) is 8.42 Å². The summed E-state index contributed by atoms with van der Waals surface area (Å²) in [5.41, 5.74) is 0.584. The normalized spacial score (nSPS) is 20.4. The summed E-state index contributed by atoms with van der Waals surface area (Å²) in [6.45, 7) is 1.91. The molecule has 0 bridgehead atoms. The fourth-order valence-electron chi connectivity index (χ4n) is 1.63. The third-order valence-corrected chi connectivity index (χ3v) is 3.92. The van der Waals surface area contributed by atoms with Crippen LogP contribution >= 0.6 is 0 Å². The highest BCUT2D eigenvalue weighted by Gasteiger charge is 2.30. The van der Waals surface area contributed by atoms with E-state index in [-0.39, 0.29) is 10.9 Å². The molecule has 1 aromatic rings. The lowest BCUT2D eigenvalue weighted by Crippen LogP contribution is -2.23. The standard InChI is InChI=1S/C12H12N2O2S/c1-3-9(4-2)13-12-10-7-5-6-8-11(10)17(15,16)14-12/h1,5-9H,4H2,2H3,(H,13,14). The first-order valence-corrected chi connectivity index (χ1v) is 6.73. The maximum Gasteiger partial charge on any atom is 0.263 e. The summed E-state index contributed by atoms with van der Waals surface area (Å²) in [5, 5.41) is 0. The number of nitrogens with one attached hydrogen (secondary N) is 1. The second-order valence-corrected chi connectivity index (χ2v) is 5.32. The van der Waals surface area contributed by atoms with E-state index in [2.05, 4.69) is 15.6 Å². The zero-order valence-electron chi connectivity index (χ0n) is 9.34. The lowest BCUT2D eigenvalue weighted by atomic mass is 10.2. The number of benzene rings is 1. The summed E-state index contributed by atoms with van der Waals surface area (Å²) in [4.78, 5) is 4.49. The number of terminal acetylenes is 1. The van der Waals surface area contributed by atoms with Gasteiger partial charge in [0, 0.05) is 5.56 Å². The van der Waals surface area contributed by atoms with E-state index in [1.54, 1.807) is 24.3 Å². The van der Waals surface area contributed by atoms with Gasteiger partial charge in [0.2, 0.25) is 0 Å². The van der Waals surface area contributed by atoms with Gasteiger partial charge in [0.05, 0.1) is 4.90 Å². The molecule has 0 radical (unpaired) electrons. The van der Waals surface area contributed by atoms with E-state index in [1.165, 1.54) is 0 Å². The molecule has 1 atom stereocenters. The molecule has 0 spiro atoms. The van der Waals surface area contributed by atoms with Crippen LogP contribution in [0.1, 0.15) is 18.9 Å². The van der Waals surface area contributed by atoms with Crippen LogP contribution in [0.2, 0.25) is 0 Å². The minimum atomic E-state index is -3.47. The molecule has 1 heterocycles. The van der Waals surface area contributed by atoms with Gasteiger partial charge in [-0.05, 0) is 18.6 Å². The number of hydrogen-bond donors (Lipinski definition) is 1. The number of aliphatic imine (C=N–C) groups is 1. The first-order valence-electron chi connectivity index (χ1n) is 5.24. The van der Waals surface area contributed by atoms with Crippen LogP contribution in [-0.2, 0) is 10.0 Å². The molecule has 88 valence electrons. The quantitative estimate of drug-likeness (QED) is 0.798. The molecule has 17 heavy (non-hydrogen) atoms. The Morgan fingerprint density at radius 1 is 1.47 bits per heavy atom. The summed E-state index contributed by atoms with van der Waals surface area (Å²) < 4.78 is 26.0. The van der Waals surface area contributed by atoms with E-state index in [9.17, 15) is 8.42 Å². The lowest BCUT2D eigenvalue weighted by Gasteiger charge is -2.03. The first-order chi connectivity index (χ1) is 8.08. The summed E-state index contributed by atoms with van der Waals surface area (Å²) in [7, 11) is -3.47. The van der Waals surface area contributed by atoms with E-state index in [0.29, 0.717) is 17.8 Å². The minimum Gasteiger partial charge on any atom is -0.263 e. The lowest BCUT2D eigenvalue weighted by molar-refractivity contribution is 0.595. The number of fused-ring (bicyclic) bond motifs is 1. The van der Waals surface area contributed by atoms with Crippen LogP contribution in [-0.4, -0.2) is 20.3 Å². The highest BCUT2D eigenvalue weighted by Crippen LogP contribution is 2.22. The van der Waals surface area contributed by atoms with Crippen molar-refractivity contribution in [3.8, 4) is 12.3 Å². The zero-order valence-corrected chi connectivity index (χ0v) is 10.2. The molecule has 0 aliphatic carbocycles. The molecule has 4 nitrogen and oxygen atoms in total. The second-order valence-electron chi connectivity index (χ2n) is 3.67. The molecule has 1 N–H and O–H groups in total.